The van der Waals surface area contributed by atoms with Crippen LogP contribution in [0.1, 0.15) is 11.3 Å². The molecule has 1 amide bonds. The standard InChI is InChI=1S/C14H15BrN2O2/c1-19-8-14(18)17-5-4-13-11(7-17)10-6-9(15)2-3-12(10)16-13/h2-3,6,16H,4-5,7-8H2,1H3. The van der Waals surface area contributed by atoms with E-state index in [1.165, 1.54) is 16.6 Å². The number of ether oxygens (including phenoxy) is 1. The number of nitrogens with zero attached hydrogens (tertiary/aromatic N) is 1. The van der Waals surface area contributed by atoms with Gasteiger partial charge < -0.3 is 14.6 Å². The molecule has 0 aliphatic carbocycles. The summed E-state index contributed by atoms with van der Waals surface area (Å²) < 4.78 is 5.98. The van der Waals surface area contributed by atoms with Gasteiger partial charge in [-0.25, -0.2) is 0 Å². The van der Waals surface area contributed by atoms with E-state index >= 15 is 0 Å². The topological polar surface area (TPSA) is 45.3 Å². The number of amides is 1. The first-order chi connectivity index (χ1) is 9.19. The molecule has 1 aromatic heterocycles. The van der Waals surface area contributed by atoms with E-state index in [1.807, 2.05) is 11.0 Å². The molecule has 19 heavy (non-hydrogen) atoms. The number of nitrogens with one attached hydrogen (secondary N) is 1. The molecule has 4 nitrogen and oxygen atoms in total. The number of hydrogen-bond acceptors (Lipinski definition) is 2. The number of rotatable bonds is 2. The summed E-state index contributed by atoms with van der Waals surface area (Å²) >= 11 is 3.50. The van der Waals surface area contributed by atoms with Gasteiger partial charge in [-0.05, 0) is 18.2 Å². The van der Waals surface area contributed by atoms with Gasteiger partial charge in [-0.15, -0.1) is 0 Å². The van der Waals surface area contributed by atoms with Gasteiger partial charge in [0.05, 0.1) is 0 Å². The van der Waals surface area contributed by atoms with Crippen LogP contribution in [0, 0.1) is 0 Å². The molecule has 1 aliphatic rings. The van der Waals surface area contributed by atoms with E-state index in [4.69, 9.17) is 4.74 Å². The average Bonchev–Trinajstić information content (AvgIpc) is 2.76. The van der Waals surface area contributed by atoms with Crippen molar-refractivity contribution in [3.05, 3.63) is 33.9 Å². The van der Waals surface area contributed by atoms with Gasteiger partial charge in [-0.2, -0.15) is 0 Å². The SMILES string of the molecule is COCC(=O)N1CCc2[nH]c3ccc(Br)cc3c2C1. The maximum absolute atomic E-state index is 11.9. The Kier molecular flexibility index (Phi) is 3.33. The Bertz CT molecular complexity index is 636. The van der Waals surface area contributed by atoms with Gasteiger partial charge >= 0.3 is 0 Å². The fourth-order valence-corrected chi connectivity index (χ4v) is 2.98. The largest absolute Gasteiger partial charge is 0.375 e. The lowest BCUT2D eigenvalue weighted by Gasteiger charge is -2.27. The van der Waals surface area contributed by atoms with Crippen LogP contribution in [0.2, 0.25) is 0 Å². The summed E-state index contributed by atoms with van der Waals surface area (Å²) in [5.74, 6) is 0.0532. The lowest BCUT2D eigenvalue weighted by atomic mass is 10.0. The average molecular weight is 323 g/mol. The van der Waals surface area contributed by atoms with E-state index in [1.54, 1.807) is 7.11 Å². The van der Waals surface area contributed by atoms with Gasteiger partial charge in [0.25, 0.3) is 0 Å². The third-order valence-corrected chi connectivity index (χ3v) is 4.05. The number of hydrogen-bond donors (Lipinski definition) is 1. The molecular formula is C14H15BrN2O2. The van der Waals surface area contributed by atoms with Gasteiger partial charge in [-0.3, -0.25) is 4.79 Å². The van der Waals surface area contributed by atoms with E-state index in [0.29, 0.717) is 6.54 Å². The normalized spacial score (nSPS) is 14.7. The minimum Gasteiger partial charge on any atom is -0.375 e. The Morgan fingerprint density at radius 2 is 2.37 bits per heavy atom. The minimum absolute atomic E-state index is 0.0532. The molecule has 0 radical (unpaired) electrons. The lowest BCUT2D eigenvalue weighted by Crippen LogP contribution is -2.37. The number of aromatic nitrogens is 1. The van der Waals surface area contributed by atoms with Crippen LogP contribution >= 0.6 is 15.9 Å². The predicted octanol–water partition coefficient (Wildman–Crippen LogP) is 2.46. The van der Waals surface area contributed by atoms with E-state index in [-0.39, 0.29) is 12.5 Å². The molecule has 5 heteroatoms. The number of methoxy groups -OCH3 is 1. The molecule has 100 valence electrons. The number of fused-ring (bicyclic) bond motifs is 3. The Morgan fingerprint density at radius 3 is 3.16 bits per heavy atom. The van der Waals surface area contributed by atoms with Gasteiger partial charge in [0.1, 0.15) is 6.61 Å². The van der Waals surface area contributed by atoms with Crippen molar-refractivity contribution in [2.45, 2.75) is 13.0 Å². The number of halogens is 1. The summed E-state index contributed by atoms with van der Waals surface area (Å²) in [5, 5.41) is 1.19. The van der Waals surface area contributed by atoms with E-state index in [2.05, 4.69) is 33.0 Å². The van der Waals surface area contributed by atoms with Crippen molar-refractivity contribution in [1.82, 2.24) is 9.88 Å². The zero-order valence-corrected chi connectivity index (χ0v) is 12.3. The van der Waals surface area contributed by atoms with E-state index < -0.39 is 0 Å². The first-order valence-electron chi connectivity index (χ1n) is 6.24. The van der Waals surface area contributed by atoms with E-state index in [9.17, 15) is 4.79 Å². The molecule has 1 aromatic carbocycles. The summed E-state index contributed by atoms with van der Waals surface area (Å²) in [7, 11) is 1.55. The van der Waals surface area contributed by atoms with Crippen LogP contribution in [0.25, 0.3) is 10.9 Å². The van der Waals surface area contributed by atoms with Gasteiger partial charge in [0.15, 0.2) is 0 Å². The predicted molar refractivity (Wildman–Crippen MR) is 77.0 cm³/mol. The highest BCUT2D eigenvalue weighted by atomic mass is 79.9. The molecule has 0 bridgehead atoms. The summed E-state index contributed by atoms with van der Waals surface area (Å²) in [6.07, 6.45) is 0.872. The van der Waals surface area contributed by atoms with Gasteiger partial charge in [0, 0.05) is 53.3 Å². The number of carbonyl (C=O) groups excluding carboxylic acids is 1. The van der Waals surface area contributed by atoms with Crippen LogP contribution in [0.5, 0.6) is 0 Å². The quantitative estimate of drug-likeness (QED) is 0.923. The second-order valence-corrected chi connectivity index (χ2v) is 5.69. The molecule has 2 heterocycles. The minimum atomic E-state index is 0.0532. The fourth-order valence-electron chi connectivity index (χ4n) is 2.61. The van der Waals surface area contributed by atoms with Crippen molar-refractivity contribution in [1.29, 1.82) is 0 Å². The van der Waals surface area contributed by atoms with E-state index in [0.717, 1.165) is 23.0 Å². The molecular weight excluding hydrogens is 308 g/mol. The van der Waals surface area contributed by atoms with Crippen LogP contribution < -0.4 is 0 Å². The van der Waals surface area contributed by atoms with Gasteiger partial charge in [-0.1, -0.05) is 15.9 Å². The first kappa shape index (κ1) is 12.7. The summed E-state index contributed by atoms with van der Waals surface area (Å²) in [4.78, 5) is 17.2. The third kappa shape index (κ3) is 2.28. The monoisotopic (exact) mass is 322 g/mol. The van der Waals surface area contributed by atoms with Crippen molar-refractivity contribution in [2.75, 3.05) is 20.3 Å². The fraction of sp³-hybridized carbons (Fsp3) is 0.357. The zero-order valence-electron chi connectivity index (χ0n) is 10.7. The van der Waals surface area contributed by atoms with Crippen molar-refractivity contribution in [3.8, 4) is 0 Å². The summed E-state index contributed by atoms with van der Waals surface area (Å²) in [6, 6.07) is 6.20. The Morgan fingerprint density at radius 1 is 1.53 bits per heavy atom. The van der Waals surface area contributed by atoms with Crippen LogP contribution in [-0.2, 0) is 22.5 Å². The Hall–Kier alpha value is -1.33. The molecule has 0 spiro atoms. The second-order valence-electron chi connectivity index (χ2n) is 4.77. The summed E-state index contributed by atoms with van der Waals surface area (Å²) in [5.41, 5.74) is 3.61. The van der Waals surface area contributed by atoms with Crippen molar-refractivity contribution < 1.29 is 9.53 Å². The van der Waals surface area contributed by atoms with Crippen LogP contribution in [0.15, 0.2) is 22.7 Å². The number of aromatic amines is 1. The molecule has 0 atom stereocenters. The first-order valence-corrected chi connectivity index (χ1v) is 7.04. The number of H-pyrrole nitrogens is 1. The molecule has 1 N–H and O–H groups in total. The van der Waals surface area contributed by atoms with Crippen LogP contribution in [0.3, 0.4) is 0 Å². The zero-order chi connectivity index (χ0) is 13.4. The van der Waals surface area contributed by atoms with Crippen molar-refractivity contribution in [2.24, 2.45) is 0 Å². The molecule has 0 fully saturated rings. The molecule has 1 aliphatic heterocycles. The highest BCUT2D eigenvalue weighted by Gasteiger charge is 2.23. The maximum Gasteiger partial charge on any atom is 0.248 e. The van der Waals surface area contributed by atoms with Crippen LogP contribution in [-0.4, -0.2) is 36.1 Å². The lowest BCUT2D eigenvalue weighted by molar-refractivity contribution is -0.136. The number of carbonyl (C=O) groups is 1. The Balaban J connectivity index is 1.97. The molecule has 0 saturated heterocycles. The molecule has 0 unspecified atom stereocenters. The molecule has 0 saturated carbocycles. The van der Waals surface area contributed by atoms with Crippen LogP contribution in [0.4, 0.5) is 0 Å². The van der Waals surface area contributed by atoms with Crippen molar-refractivity contribution >= 4 is 32.7 Å². The number of benzene rings is 1. The maximum atomic E-state index is 11.9. The van der Waals surface area contributed by atoms with Crippen molar-refractivity contribution in [3.63, 3.8) is 0 Å². The highest BCUT2D eigenvalue weighted by Crippen LogP contribution is 2.29. The Labute approximate surface area is 119 Å². The van der Waals surface area contributed by atoms with Gasteiger partial charge in [0.2, 0.25) is 5.91 Å². The smallest absolute Gasteiger partial charge is 0.248 e. The second kappa shape index (κ2) is 4.98. The third-order valence-electron chi connectivity index (χ3n) is 3.56. The molecule has 2 aromatic rings. The highest BCUT2D eigenvalue weighted by molar-refractivity contribution is 9.10. The molecule has 3 rings (SSSR count). The summed E-state index contributed by atoms with van der Waals surface area (Å²) in [6.45, 7) is 1.57.